The molecule has 0 radical (unpaired) electrons. The van der Waals surface area contributed by atoms with Gasteiger partial charge in [0.05, 0.1) is 32.1 Å². The molecule has 0 aliphatic rings. The number of hydrogen-bond acceptors (Lipinski definition) is 5. The van der Waals surface area contributed by atoms with Crippen molar-refractivity contribution in [3.63, 3.8) is 0 Å². The summed E-state index contributed by atoms with van der Waals surface area (Å²) in [5, 5.41) is 2.78. The van der Waals surface area contributed by atoms with Gasteiger partial charge in [0.25, 0.3) is 5.91 Å². The van der Waals surface area contributed by atoms with Crippen LogP contribution in [0.2, 0.25) is 0 Å². The highest BCUT2D eigenvalue weighted by Gasteiger charge is 2.23. The van der Waals surface area contributed by atoms with Gasteiger partial charge >= 0.3 is 5.97 Å². The summed E-state index contributed by atoms with van der Waals surface area (Å²) in [6.07, 6.45) is 0. The van der Waals surface area contributed by atoms with E-state index in [9.17, 15) is 9.59 Å². The molecule has 0 aliphatic carbocycles. The predicted octanol–water partition coefficient (Wildman–Crippen LogP) is 3.08. The number of aromatic nitrogens is 1. The first-order valence-corrected chi connectivity index (χ1v) is 7.82. The highest BCUT2D eigenvalue weighted by atomic mass is 16.5. The van der Waals surface area contributed by atoms with Gasteiger partial charge in [-0.25, -0.2) is 4.79 Å². The Morgan fingerprint density at radius 3 is 2.48 bits per heavy atom. The predicted molar refractivity (Wildman–Crippen MR) is 93.7 cm³/mol. The van der Waals surface area contributed by atoms with Crippen LogP contribution in [0.25, 0.3) is 0 Å². The number of aromatic amines is 1. The number of carbonyl (C=O) groups is 2. The normalized spacial score (nSPS) is 10.3. The maximum Gasteiger partial charge on any atom is 0.340 e. The number of esters is 1. The number of H-pyrrole nitrogens is 1. The summed E-state index contributed by atoms with van der Waals surface area (Å²) in [5.41, 5.74) is 2.26. The Kier molecular flexibility index (Phi) is 5.69. The molecule has 0 saturated carbocycles. The number of anilines is 1. The number of rotatable bonds is 6. The fourth-order valence-electron chi connectivity index (χ4n) is 2.58. The van der Waals surface area contributed by atoms with Crippen LogP contribution in [0.5, 0.6) is 11.5 Å². The quantitative estimate of drug-likeness (QED) is 0.785. The molecule has 1 amide bonds. The van der Waals surface area contributed by atoms with E-state index in [1.54, 1.807) is 39.0 Å². The van der Waals surface area contributed by atoms with Crippen LogP contribution in [0, 0.1) is 13.8 Å². The summed E-state index contributed by atoms with van der Waals surface area (Å²) in [7, 11) is 3.05. The van der Waals surface area contributed by atoms with Gasteiger partial charge in [-0.1, -0.05) is 0 Å². The Balaban J connectivity index is 2.34. The van der Waals surface area contributed by atoms with E-state index < -0.39 is 5.97 Å². The molecule has 1 heterocycles. The van der Waals surface area contributed by atoms with Crippen molar-refractivity contribution < 1.29 is 23.8 Å². The van der Waals surface area contributed by atoms with Gasteiger partial charge in [0, 0.05) is 11.8 Å². The molecule has 0 bridgehead atoms. The third-order valence-electron chi connectivity index (χ3n) is 3.80. The van der Waals surface area contributed by atoms with E-state index in [4.69, 9.17) is 14.2 Å². The third kappa shape index (κ3) is 3.76. The van der Waals surface area contributed by atoms with Gasteiger partial charge in [-0.05, 0) is 38.5 Å². The van der Waals surface area contributed by atoms with Crippen LogP contribution in [0.4, 0.5) is 5.69 Å². The maximum atomic E-state index is 12.7. The minimum absolute atomic E-state index is 0.269. The van der Waals surface area contributed by atoms with Crippen molar-refractivity contribution in [2.75, 3.05) is 26.1 Å². The minimum atomic E-state index is -0.452. The number of aryl methyl sites for hydroxylation is 1. The Morgan fingerprint density at radius 2 is 1.88 bits per heavy atom. The molecule has 25 heavy (non-hydrogen) atoms. The zero-order valence-electron chi connectivity index (χ0n) is 15.0. The van der Waals surface area contributed by atoms with E-state index in [0.29, 0.717) is 39.7 Å². The molecule has 0 fully saturated rings. The molecule has 0 spiro atoms. The third-order valence-corrected chi connectivity index (χ3v) is 3.80. The van der Waals surface area contributed by atoms with Gasteiger partial charge in [0.15, 0.2) is 0 Å². The summed E-state index contributed by atoms with van der Waals surface area (Å²) in [4.78, 5) is 27.7. The van der Waals surface area contributed by atoms with Crippen LogP contribution in [-0.4, -0.2) is 37.7 Å². The number of hydrogen-bond donors (Lipinski definition) is 2. The van der Waals surface area contributed by atoms with Gasteiger partial charge in [-0.3, -0.25) is 4.79 Å². The lowest BCUT2D eigenvalue weighted by molar-refractivity contribution is 0.0525. The van der Waals surface area contributed by atoms with Gasteiger partial charge < -0.3 is 24.5 Å². The summed E-state index contributed by atoms with van der Waals surface area (Å²) in [6, 6.07) is 5.09. The average Bonchev–Trinajstić information content (AvgIpc) is 2.89. The second-order valence-electron chi connectivity index (χ2n) is 5.37. The number of nitrogens with one attached hydrogen (secondary N) is 2. The topological polar surface area (TPSA) is 89.7 Å². The first-order valence-electron chi connectivity index (χ1n) is 7.82. The number of benzene rings is 1. The first-order chi connectivity index (χ1) is 11.9. The van der Waals surface area contributed by atoms with E-state index in [-0.39, 0.29) is 12.5 Å². The second kappa shape index (κ2) is 7.74. The van der Waals surface area contributed by atoms with Gasteiger partial charge in [0.2, 0.25) is 0 Å². The van der Waals surface area contributed by atoms with Crippen LogP contribution in [-0.2, 0) is 4.74 Å². The number of methoxy groups -OCH3 is 2. The monoisotopic (exact) mass is 346 g/mol. The Bertz CT molecular complexity index is 795. The van der Waals surface area contributed by atoms with Crippen LogP contribution in [0.15, 0.2) is 18.2 Å². The van der Waals surface area contributed by atoms with Crippen molar-refractivity contribution in [1.82, 2.24) is 4.98 Å². The maximum absolute atomic E-state index is 12.7. The van der Waals surface area contributed by atoms with Crippen molar-refractivity contribution in [2.45, 2.75) is 20.8 Å². The van der Waals surface area contributed by atoms with E-state index in [2.05, 4.69) is 10.3 Å². The van der Waals surface area contributed by atoms with Crippen LogP contribution in [0.1, 0.15) is 39.0 Å². The lowest BCUT2D eigenvalue weighted by Crippen LogP contribution is -2.15. The molecule has 1 aromatic carbocycles. The zero-order chi connectivity index (χ0) is 18.6. The summed E-state index contributed by atoms with van der Waals surface area (Å²) >= 11 is 0. The van der Waals surface area contributed by atoms with Gasteiger partial charge in [-0.15, -0.1) is 0 Å². The molecular formula is C18H22N2O5. The van der Waals surface area contributed by atoms with E-state index in [1.165, 1.54) is 14.2 Å². The highest BCUT2D eigenvalue weighted by Crippen LogP contribution is 2.30. The van der Waals surface area contributed by atoms with Crippen molar-refractivity contribution >= 4 is 17.6 Å². The summed E-state index contributed by atoms with van der Waals surface area (Å²) in [6.45, 7) is 5.43. The molecule has 0 aliphatic heterocycles. The van der Waals surface area contributed by atoms with Crippen LogP contribution >= 0.6 is 0 Å². The van der Waals surface area contributed by atoms with E-state index >= 15 is 0 Å². The molecular weight excluding hydrogens is 324 g/mol. The summed E-state index contributed by atoms with van der Waals surface area (Å²) < 4.78 is 15.5. The molecule has 7 nitrogen and oxygen atoms in total. The van der Waals surface area contributed by atoms with E-state index in [1.807, 2.05) is 0 Å². The Labute approximate surface area is 146 Å². The van der Waals surface area contributed by atoms with Gasteiger partial charge in [0.1, 0.15) is 17.2 Å². The lowest BCUT2D eigenvalue weighted by Gasteiger charge is -2.11. The van der Waals surface area contributed by atoms with Crippen LogP contribution in [0.3, 0.4) is 0 Å². The standard InChI is InChI=1S/C18H22N2O5/c1-6-25-18(22)15-10(2)16(19-11(15)3)17(21)20-13-9-12(23-4)7-8-14(13)24-5/h7-9,19H,6H2,1-5H3,(H,20,21). The Morgan fingerprint density at radius 1 is 1.16 bits per heavy atom. The lowest BCUT2D eigenvalue weighted by atomic mass is 10.1. The largest absolute Gasteiger partial charge is 0.497 e. The SMILES string of the molecule is CCOC(=O)c1c(C)[nH]c(C(=O)Nc2cc(OC)ccc2OC)c1C. The fourth-order valence-corrected chi connectivity index (χ4v) is 2.58. The molecule has 0 unspecified atom stereocenters. The molecule has 134 valence electrons. The molecule has 1 aromatic heterocycles. The first kappa shape index (κ1) is 18.4. The molecule has 0 saturated heterocycles. The smallest absolute Gasteiger partial charge is 0.340 e. The number of carbonyl (C=O) groups excluding carboxylic acids is 2. The molecule has 2 aromatic rings. The number of amides is 1. The number of ether oxygens (including phenoxy) is 3. The summed E-state index contributed by atoms with van der Waals surface area (Å²) in [5.74, 6) is 0.248. The second-order valence-corrected chi connectivity index (χ2v) is 5.37. The van der Waals surface area contributed by atoms with Gasteiger partial charge in [-0.2, -0.15) is 0 Å². The average molecular weight is 346 g/mol. The molecule has 2 N–H and O–H groups in total. The molecule has 2 rings (SSSR count). The van der Waals surface area contributed by atoms with Crippen molar-refractivity contribution in [3.8, 4) is 11.5 Å². The fraction of sp³-hybridized carbons (Fsp3) is 0.333. The van der Waals surface area contributed by atoms with Crippen LogP contribution < -0.4 is 14.8 Å². The van der Waals surface area contributed by atoms with Crippen molar-refractivity contribution in [3.05, 3.63) is 40.7 Å². The highest BCUT2D eigenvalue weighted by molar-refractivity contribution is 6.07. The minimum Gasteiger partial charge on any atom is -0.497 e. The molecule has 7 heteroatoms. The van der Waals surface area contributed by atoms with Crippen molar-refractivity contribution in [1.29, 1.82) is 0 Å². The zero-order valence-corrected chi connectivity index (χ0v) is 15.0. The molecule has 0 atom stereocenters. The van der Waals surface area contributed by atoms with E-state index in [0.717, 1.165) is 0 Å². The van der Waals surface area contributed by atoms with Crippen molar-refractivity contribution in [2.24, 2.45) is 0 Å². The Hall–Kier alpha value is -2.96.